The molecule has 2 unspecified atom stereocenters. The molecule has 0 aromatic heterocycles. The molecular weight excluding hydrogens is 264 g/mol. The van der Waals surface area contributed by atoms with Crippen molar-refractivity contribution in [2.45, 2.75) is 58.5 Å². The van der Waals surface area contributed by atoms with Crippen molar-refractivity contribution in [1.82, 2.24) is 15.1 Å². The molecule has 1 rings (SSSR count). The second kappa shape index (κ2) is 9.75. The fourth-order valence-corrected chi connectivity index (χ4v) is 2.74. The van der Waals surface area contributed by atoms with E-state index >= 15 is 0 Å². The molecular formula is C16H30N4O. The van der Waals surface area contributed by atoms with Gasteiger partial charge in [0.1, 0.15) is 0 Å². The molecule has 21 heavy (non-hydrogen) atoms. The highest BCUT2D eigenvalue weighted by atomic mass is 16.2. The van der Waals surface area contributed by atoms with Crippen LogP contribution < -0.4 is 5.32 Å². The zero-order chi connectivity index (χ0) is 15.7. The zero-order valence-corrected chi connectivity index (χ0v) is 13.8. The molecule has 1 saturated heterocycles. The number of unbranched alkanes of at least 4 members (excludes halogenated alkanes) is 1. The molecule has 1 heterocycles. The topological polar surface area (TPSA) is 59.4 Å². The third-order valence-corrected chi connectivity index (χ3v) is 4.26. The van der Waals surface area contributed by atoms with Crippen LogP contribution in [0.5, 0.6) is 0 Å². The fourth-order valence-electron chi connectivity index (χ4n) is 2.74. The van der Waals surface area contributed by atoms with Gasteiger partial charge in [0.2, 0.25) is 5.91 Å². The number of carbonyl (C=O) groups is 1. The van der Waals surface area contributed by atoms with E-state index in [2.05, 4.69) is 35.0 Å². The van der Waals surface area contributed by atoms with Gasteiger partial charge in [-0.15, -0.1) is 0 Å². The smallest absolute Gasteiger partial charge is 0.237 e. The maximum Gasteiger partial charge on any atom is 0.237 e. The van der Waals surface area contributed by atoms with Crippen LogP contribution in [0.2, 0.25) is 0 Å². The Morgan fingerprint density at radius 2 is 1.81 bits per heavy atom. The highest BCUT2D eigenvalue weighted by Gasteiger charge is 2.28. The van der Waals surface area contributed by atoms with Crippen molar-refractivity contribution < 1.29 is 4.79 Å². The molecule has 0 aromatic rings. The van der Waals surface area contributed by atoms with Gasteiger partial charge in [-0.05, 0) is 19.8 Å². The van der Waals surface area contributed by atoms with E-state index in [0.717, 1.165) is 58.4 Å². The molecule has 5 heteroatoms. The Balaban J connectivity index is 2.38. The number of piperazine rings is 1. The van der Waals surface area contributed by atoms with Crippen molar-refractivity contribution in [1.29, 1.82) is 5.26 Å². The average Bonchev–Trinajstić information content (AvgIpc) is 2.52. The standard InChI is InChI=1S/C16H30N4O/c1-4-6-8-18-16(21)14(3)19-9-11-20(12-10-19)15(13-17)7-5-2/h14-15H,4-12H2,1-3H3,(H,18,21). The lowest BCUT2D eigenvalue weighted by Crippen LogP contribution is -2.55. The van der Waals surface area contributed by atoms with Crippen LogP contribution in [0.25, 0.3) is 0 Å². The van der Waals surface area contributed by atoms with E-state index in [0.29, 0.717) is 0 Å². The second-order valence-corrected chi connectivity index (χ2v) is 5.83. The summed E-state index contributed by atoms with van der Waals surface area (Å²) < 4.78 is 0. The molecule has 0 bridgehead atoms. The monoisotopic (exact) mass is 294 g/mol. The summed E-state index contributed by atoms with van der Waals surface area (Å²) in [6, 6.07) is 2.36. The van der Waals surface area contributed by atoms with E-state index in [-0.39, 0.29) is 18.0 Å². The molecule has 1 amide bonds. The summed E-state index contributed by atoms with van der Waals surface area (Å²) in [5.74, 6) is 0.127. The largest absolute Gasteiger partial charge is 0.355 e. The van der Waals surface area contributed by atoms with Gasteiger partial charge in [0.15, 0.2) is 0 Å². The van der Waals surface area contributed by atoms with Crippen LogP contribution in [0, 0.1) is 11.3 Å². The molecule has 2 atom stereocenters. The Morgan fingerprint density at radius 3 is 2.33 bits per heavy atom. The third kappa shape index (κ3) is 5.64. The summed E-state index contributed by atoms with van der Waals surface area (Å²) >= 11 is 0. The summed E-state index contributed by atoms with van der Waals surface area (Å²) in [4.78, 5) is 16.5. The molecule has 1 N–H and O–H groups in total. The molecule has 0 aliphatic carbocycles. The number of rotatable bonds is 8. The van der Waals surface area contributed by atoms with E-state index < -0.39 is 0 Å². The fraction of sp³-hybridized carbons (Fsp3) is 0.875. The van der Waals surface area contributed by atoms with Crippen molar-refractivity contribution in [2.24, 2.45) is 0 Å². The first-order chi connectivity index (χ1) is 10.1. The SMILES string of the molecule is CCCCNC(=O)C(C)N1CCN(C(C#N)CCC)CC1. The number of hydrogen-bond acceptors (Lipinski definition) is 4. The quantitative estimate of drug-likeness (QED) is 0.691. The summed E-state index contributed by atoms with van der Waals surface area (Å²) in [7, 11) is 0. The van der Waals surface area contributed by atoms with Gasteiger partial charge in [-0.1, -0.05) is 26.7 Å². The maximum atomic E-state index is 12.1. The van der Waals surface area contributed by atoms with Gasteiger partial charge in [-0.25, -0.2) is 0 Å². The van der Waals surface area contributed by atoms with Crippen LogP contribution in [-0.2, 0) is 4.79 Å². The number of nitrogens with zero attached hydrogens (tertiary/aromatic N) is 3. The van der Waals surface area contributed by atoms with Crippen LogP contribution in [-0.4, -0.2) is 60.5 Å². The van der Waals surface area contributed by atoms with Crippen LogP contribution >= 0.6 is 0 Å². The van der Waals surface area contributed by atoms with Gasteiger partial charge in [-0.3, -0.25) is 14.6 Å². The molecule has 0 aromatic carbocycles. The molecule has 5 nitrogen and oxygen atoms in total. The number of carbonyl (C=O) groups excluding carboxylic acids is 1. The Hall–Kier alpha value is -1.12. The van der Waals surface area contributed by atoms with Crippen LogP contribution in [0.4, 0.5) is 0 Å². The minimum Gasteiger partial charge on any atom is -0.355 e. The van der Waals surface area contributed by atoms with Gasteiger partial charge in [0.05, 0.1) is 18.2 Å². The minimum atomic E-state index is -0.0734. The van der Waals surface area contributed by atoms with Crippen LogP contribution in [0.15, 0.2) is 0 Å². The molecule has 0 spiro atoms. The summed E-state index contributed by atoms with van der Waals surface area (Å²) in [5.41, 5.74) is 0. The third-order valence-electron chi connectivity index (χ3n) is 4.26. The van der Waals surface area contributed by atoms with E-state index in [1.807, 2.05) is 6.92 Å². The molecule has 1 aliphatic heterocycles. The number of hydrogen-bond donors (Lipinski definition) is 1. The highest BCUT2D eigenvalue weighted by molar-refractivity contribution is 5.81. The van der Waals surface area contributed by atoms with Crippen molar-refractivity contribution in [3.8, 4) is 6.07 Å². The Morgan fingerprint density at radius 1 is 1.19 bits per heavy atom. The van der Waals surface area contributed by atoms with Gasteiger partial charge in [0, 0.05) is 32.7 Å². The second-order valence-electron chi connectivity index (χ2n) is 5.83. The zero-order valence-electron chi connectivity index (χ0n) is 13.8. The molecule has 120 valence electrons. The van der Waals surface area contributed by atoms with E-state index in [1.165, 1.54) is 0 Å². The molecule has 0 radical (unpaired) electrons. The van der Waals surface area contributed by atoms with E-state index in [1.54, 1.807) is 0 Å². The van der Waals surface area contributed by atoms with Gasteiger partial charge in [0.25, 0.3) is 0 Å². The molecule has 0 saturated carbocycles. The van der Waals surface area contributed by atoms with Crippen molar-refractivity contribution in [3.63, 3.8) is 0 Å². The Bertz CT molecular complexity index is 345. The van der Waals surface area contributed by atoms with Gasteiger partial charge in [-0.2, -0.15) is 5.26 Å². The molecule has 1 aliphatic rings. The van der Waals surface area contributed by atoms with Crippen molar-refractivity contribution in [2.75, 3.05) is 32.7 Å². The van der Waals surface area contributed by atoms with Gasteiger partial charge < -0.3 is 5.32 Å². The lowest BCUT2D eigenvalue weighted by atomic mass is 10.1. The Kier molecular flexibility index (Phi) is 8.33. The number of nitriles is 1. The van der Waals surface area contributed by atoms with Crippen LogP contribution in [0.3, 0.4) is 0 Å². The maximum absolute atomic E-state index is 12.1. The lowest BCUT2D eigenvalue weighted by molar-refractivity contribution is -0.126. The van der Waals surface area contributed by atoms with Crippen LogP contribution in [0.1, 0.15) is 46.5 Å². The van der Waals surface area contributed by atoms with Gasteiger partial charge >= 0.3 is 0 Å². The minimum absolute atomic E-state index is 0.0332. The molecule has 1 fully saturated rings. The first-order valence-electron chi connectivity index (χ1n) is 8.29. The first-order valence-corrected chi connectivity index (χ1v) is 8.29. The van der Waals surface area contributed by atoms with Crippen molar-refractivity contribution >= 4 is 5.91 Å². The normalized spacial score (nSPS) is 19.7. The summed E-state index contributed by atoms with van der Waals surface area (Å²) in [5, 5.41) is 12.2. The van der Waals surface area contributed by atoms with E-state index in [4.69, 9.17) is 0 Å². The first kappa shape index (κ1) is 17.9. The predicted octanol–water partition coefficient (Wildman–Crippen LogP) is 1.60. The van der Waals surface area contributed by atoms with Crippen molar-refractivity contribution in [3.05, 3.63) is 0 Å². The number of nitrogens with one attached hydrogen (secondary N) is 1. The predicted molar refractivity (Wildman–Crippen MR) is 84.8 cm³/mol. The lowest BCUT2D eigenvalue weighted by Gasteiger charge is -2.39. The number of amides is 1. The van der Waals surface area contributed by atoms with E-state index in [9.17, 15) is 10.1 Å². The Labute approximate surface area is 129 Å². The highest BCUT2D eigenvalue weighted by Crippen LogP contribution is 2.12. The summed E-state index contributed by atoms with van der Waals surface area (Å²) in [6.07, 6.45) is 4.10. The average molecular weight is 294 g/mol. The summed E-state index contributed by atoms with van der Waals surface area (Å²) in [6.45, 7) is 10.5.